The molecule has 1 aliphatic carbocycles. The van der Waals surface area contributed by atoms with Gasteiger partial charge < -0.3 is 14.6 Å². The van der Waals surface area contributed by atoms with Crippen LogP contribution in [0.25, 0.3) is 6.08 Å². The molecular formula is C14H12F6N2OS. The molecule has 1 atom stereocenters. The van der Waals surface area contributed by atoms with Crippen LogP contribution in [0.15, 0.2) is 11.8 Å². The molecule has 0 aromatic carbocycles. The van der Waals surface area contributed by atoms with Crippen LogP contribution < -0.4 is 0 Å². The minimum atomic E-state index is -4.65. The van der Waals surface area contributed by atoms with Crippen LogP contribution in [-0.4, -0.2) is 41.9 Å². The summed E-state index contributed by atoms with van der Waals surface area (Å²) in [4.78, 5) is 3.71. The van der Waals surface area contributed by atoms with E-state index in [-0.39, 0.29) is 41.2 Å². The third kappa shape index (κ3) is 3.44. The number of aromatic amines is 1. The van der Waals surface area contributed by atoms with E-state index in [1.165, 1.54) is 0 Å². The molecule has 1 unspecified atom stereocenters. The molecule has 0 radical (unpaired) electrons. The number of fused-ring (bicyclic) bond motifs is 2. The second-order valence-corrected chi connectivity index (χ2v) is 6.05. The first-order valence-corrected chi connectivity index (χ1v) is 7.44. The fraction of sp³-hybridized carbons (Fsp3) is 0.500. The lowest BCUT2D eigenvalue weighted by molar-refractivity contribution is -0.150. The fourth-order valence-electron chi connectivity index (χ4n) is 2.97. The topological polar surface area (TPSA) is 28.3 Å². The monoisotopic (exact) mass is 370 g/mol. The predicted molar refractivity (Wildman–Crippen MR) is 75.7 cm³/mol. The van der Waals surface area contributed by atoms with Crippen molar-refractivity contribution < 1.29 is 31.1 Å². The maximum absolute atomic E-state index is 13.2. The van der Waals surface area contributed by atoms with Crippen molar-refractivity contribution >= 4 is 18.3 Å². The highest BCUT2D eigenvalue weighted by Gasteiger charge is 2.40. The van der Waals surface area contributed by atoms with Gasteiger partial charge in [-0.15, -0.1) is 0 Å². The van der Waals surface area contributed by atoms with Gasteiger partial charge in [-0.1, -0.05) is 12.2 Å². The summed E-state index contributed by atoms with van der Waals surface area (Å²) < 4.78 is 83.2. The highest BCUT2D eigenvalue weighted by atomic mass is 32.1. The third-order valence-electron chi connectivity index (χ3n) is 3.90. The van der Waals surface area contributed by atoms with Crippen LogP contribution in [-0.2, 0) is 17.3 Å². The quantitative estimate of drug-likeness (QED) is 0.600. The maximum atomic E-state index is 13.2. The summed E-state index contributed by atoms with van der Waals surface area (Å²) >= 11 is 4.82. The van der Waals surface area contributed by atoms with Crippen molar-refractivity contribution in [1.29, 1.82) is 0 Å². The summed E-state index contributed by atoms with van der Waals surface area (Å²) in [6, 6.07) is 0.781. The van der Waals surface area contributed by atoms with Gasteiger partial charge in [0.25, 0.3) is 0 Å². The number of hydrogen-bond donors (Lipinski definition) is 1. The standard InChI is InChI=1S/C14H12F6N2OS/c15-13(16,17)6-22-1-2-23-11-5-9-7(3-10(11)22)8(14(18,19)20)4-12(24)21-9/h3-4,11H,1-2,5-6H2,(H,21,24). The number of aromatic nitrogens is 1. The second-order valence-electron chi connectivity index (χ2n) is 5.61. The van der Waals surface area contributed by atoms with Crippen LogP contribution in [0.3, 0.4) is 0 Å². The lowest BCUT2D eigenvalue weighted by Crippen LogP contribution is -2.46. The van der Waals surface area contributed by atoms with Crippen molar-refractivity contribution in [3.05, 3.63) is 33.2 Å². The highest BCUT2D eigenvalue weighted by molar-refractivity contribution is 7.71. The fourth-order valence-corrected chi connectivity index (χ4v) is 3.22. The number of alkyl halides is 6. The Bertz CT molecular complexity index is 736. The van der Waals surface area contributed by atoms with Gasteiger partial charge in [0, 0.05) is 29.9 Å². The van der Waals surface area contributed by atoms with E-state index in [0.29, 0.717) is 0 Å². The van der Waals surface area contributed by atoms with Crippen molar-refractivity contribution in [1.82, 2.24) is 9.88 Å². The Balaban J connectivity index is 2.09. The molecule has 1 fully saturated rings. The van der Waals surface area contributed by atoms with Crippen LogP contribution in [0.1, 0.15) is 16.8 Å². The SMILES string of the molecule is FC(F)(F)CN1CCOC2Cc3[nH]c(=S)cc(C(F)(F)F)c3C=C21. The van der Waals surface area contributed by atoms with E-state index >= 15 is 0 Å². The molecule has 0 saturated carbocycles. The zero-order valence-corrected chi connectivity index (χ0v) is 12.9. The van der Waals surface area contributed by atoms with Crippen molar-refractivity contribution in [3.8, 4) is 0 Å². The van der Waals surface area contributed by atoms with Gasteiger partial charge in [-0.25, -0.2) is 0 Å². The molecule has 1 aliphatic heterocycles. The van der Waals surface area contributed by atoms with Crippen molar-refractivity contribution in [2.45, 2.75) is 24.9 Å². The maximum Gasteiger partial charge on any atom is 0.417 e. The van der Waals surface area contributed by atoms with Crippen LogP contribution in [0, 0.1) is 4.64 Å². The van der Waals surface area contributed by atoms with Crippen molar-refractivity contribution in [3.63, 3.8) is 0 Å². The van der Waals surface area contributed by atoms with Crippen molar-refractivity contribution in [2.24, 2.45) is 0 Å². The van der Waals surface area contributed by atoms with Crippen molar-refractivity contribution in [2.75, 3.05) is 19.7 Å². The number of H-pyrrole nitrogens is 1. The molecular weight excluding hydrogens is 358 g/mol. The molecule has 1 aromatic rings. The summed E-state index contributed by atoms with van der Waals surface area (Å²) in [5, 5.41) is 0. The van der Waals surface area contributed by atoms with E-state index in [9.17, 15) is 26.3 Å². The van der Waals surface area contributed by atoms with Gasteiger partial charge in [0.2, 0.25) is 0 Å². The molecule has 0 spiro atoms. The first-order valence-electron chi connectivity index (χ1n) is 7.03. The average molecular weight is 370 g/mol. The van der Waals surface area contributed by atoms with E-state index < -0.39 is 30.6 Å². The Kier molecular flexibility index (Phi) is 4.15. The largest absolute Gasteiger partial charge is 0.417 e. The third-order valence-corrected chi connectivity index (χ3v) is 4.12. The van der Waals surface area contributed by atoms with Gasteiger partial charge in [-0.2, -0.15) is 26.3 Å². The Labute approximate surface area is 137 Å². The van der Waals surface area contributed by atoms with E-state index in [1.807, 2.05) is 0 Å². The normalized spacial score (nSPS) is 21.2. The Morgan fingerprint density at radius 3 is 2.58 bits per heavy atom. The number of morpholine rings is 1. The van der Waals surface area contributed by atoms with Gasteiger partial charge in [0.05, 0.1) is 12.2 Å². The number of hydrogen-bond acceptors (Lipinski definition) is 3. The average Bonchev–Trinajstić information content (AvgIpc) is 2.42. The first-order chi connectivity index (χ1) is 11.0. The summed E-state index contributed by atoms with van der Waals surface area (Å²) in [6.07, 6.45) is -8.68. The molecule has 0 bridgehead atoms. The Morgan fingerprint density at radius 1 is 1.25 bits per heavy atom. The minimum absolute atomic E-state index is 0.0169. The highest BCUT2D eigenvalue weighted by Crippen LogP contribution is 2.39. The Hall–Kier alpha value is -1.55. The zero-order chi connectivity index (χ0) is 17.7. The molecule has 1 aromatic heterocycles. The number of pyridine rings is 1. The minimum Gasteiger partial charge on any atom is -0.370 e. The number of nitrogens with zero attached hydrogens (tertiary/aromatic N) is 1. The lowest BCUT2D eigenvalue weighted by Gasteiger charge is -2.40. The molecule has 2 aliphatic rings. The molecule has 3 nitrogen and oxygen atoms in total. The molecule has 24 heavy (non-hydrogen) atoms. The van der Waals surface area contributed by atoms with Crippen LogP contribution >= 0.6 is 12.2 Å². The van der Waals surface area contributed by atoms with Crippen LogP contribution in [0.2, 0.25) is 0 Å². The molecule has 1 saturated heterocycles. The lowest BCUT2D eigenvalue weighted by atomic mass is 9.92. The summed E-state index contributed by atoms with van der Waals surface area (Å²) in [6.45, 7) is -1.17. The molecule has 3 rings (SSSR count). The van der Waals surface area contributed by atoms with Crippen LogP contribution in [0.4, 0.5) is 26.3 Å². The second kappa shape index (κ2) is 5.76. The Morgan fingerprint density at radius 2 is 1.96 bits per heavy atom. The number of halogens is 6. The number of ether oxygens (including phenoxy) is 1. The van der Waals surface area contributed by atoms with Gasteiger partial charge >= 0.3 is 12.4 Å². The van der Waals surface area contributed by atoms with Gasteiger partial charge in [0.15, 0.2) is 0 Å². The van der Waals surface area contributed by atoms with Crippen LogP contribution in [0.5, 0.6) is 0 Å². The molecule has 1 N–H and O–H groups in total. The van der Waals surface area contributed by atoms with Gasteiger partial charge in [-0.3, -0.25) is 0 Å². The summed E-state index contributed by atoms with van der Waals surface area (Å²) in [5.74, 6) is 0. The first kappa shape index (κ1) is 17.3. The molecule has 2 heterocycles. The molecule has 10 heteroatoms. The van der Waals surface area contributed by atoms with Gasteiger partial charge in [-0.05, 0) is 12.1 Å². The van der Waals surface area contributed by atoms with E-state index in [0.717, 1.165) is 17.0 Å². The number of rotatable bonds is 1. The zero-order valence-electron chi connectivity index (χ0n) is 12.1. The van der Waals surface area contributed by atoms with E-state index in [1.54, 1.807) is 0 Å². The van der Waals surface area contributed by atoms with E-state index in [2.05, 4.69) is 4.98 Å². The molecule has 132 valence electrons. The summed E-state index contributed by atoms with van der Waals surface area (Å²) in [7, 11) is 0. The smallest absolute Gasteiger partial charge is 0.370 e. The molecule has 0 amide bonds. The van der Waals surface area contributed by atoms with E-state index in [4.69, 9.17) is 17.0 Å². The number of nitrogens with one attached hydrogen (secondary N) is 1. The summed E-state index contributed by atoms with van der Waals surface area (Å²) in [5.41, 5.74) is -0.802. The predicted octanol–water partition coefficient (Wildman–Crippen LogP) is 3.92. The van der Waals surface area contributed by atoms with Gasteiger partial charge in [0.1, 0.15) is 17.3 Å².